The summed E-state index contributed by atoms with van der Waals surface area (Å²) in [7, 11) is 0. The molecule has 4 aromatic rings. The van der Waals surface area contributed by atoms with E-state index in [9.17, 15) is 9.59 Å². The van der Waals surface area contributed by atoms with Crippen LogP contribution in [0, 0.1) is 13.8 Å². The van der Waals surface area contributed by atoms with E-state index >= 15 is 0 Å². The molecule has 6 nitrogen and oxygen atoms in total. The molecular weight excluding hydrogens is 372 g/mol. The van der Waals surface area contributed by atoms with Crippen molar-refractivity contribution in [1.82, 2.24) is 14.8 Å². The molecule has 0 aliphatic carbocycles. The fourth-order valence-corrected chi connectivity index (χ4v) is 3.80. The molecule has 0 aliphatic heterocycles. The number of nitrogens with one attached hydrogen (secondary N) is 1. The van der Waals surface area contributed by atoms with E-state index in [4.69, 9.17) is 0 Å². The smallest absolute Gasteiger partial charge is 0.267 e. The second-order valence-corrected chi connectivity index (χ2v) is 7.65. The number of benzene rings is 2. The molecule has 2 heterocycles. The van der Waals surface area contributed by atoms with Crippen LogP contribution in [0.5, 0.6) is 0 Å². The summed E-state index contributed by atoms with van der Waals surface area (Å²) in [4.78, 5) is 29.0. The molecule has 2 aromatic heterocycles. The Balaban J connectivity index is 1.54. The third kappa shape index (κ3) is 3.84. The number of carbonyl (C=O) groups excluding carboxylic acids is 1. The Kier molecular flexibility index (Phi) is 4.75. The maximum atomic E-state index is 12.4. The maximum absolute atomic E-state index is 12.4. The lowest BCUT2D eigenvalue weighted by Crippen LogP contribution is -2.29. The van der Waals surface area contributed by atoms with Gasteiger partial charge in [-0.25, -0.2) is 9.67 Å². The molecule has 140 valence electrons. The number of hydrogen-bond acceptors (Lipinski definition) is 5. The summed E-state index contributed by atoms with van der Waals surface area (Å²) < 4.78 is 2.18. The van der Waals surface area contributed by atoms with Gasteiger partial charge in [0.05, 0.1) is 15.9 Å². The molecule has 0 radical (unpaired) electrons. The van der Waals surface area contributed by atoms with Crippen molar-refractivity contribution in [2.24, 2.45) is 0 Å². The quantitative estimate of drug-likeness (QED) is 0.575. The van der Waals surface area contributed by atoms with Gasteiger partial charge in [0, 0.05) is 11.6 Å². The summed E-state index contributed by atoms with van der Waals surface area (Å²) in [6.07, 6.45) is 0. The summed E-state index contributed by atoms with van der Waals surface area (Å²) >= 11 is 1.41. The number of nitrogens with zero attached hydrogens (tertiary/aromatic N) is 3. The average Bonchev–Trinajstić information content (AvgIpc) is 3.05. The summed E-state index contributed by atoms with van der Waals surface area (Å²) in [6, 6.07) is 16.9. The van der Waals surface area contributed by atoms with Crippen LogP contribution in [0.3, 0.4) is 0 Å². The Hall–Kier alpha value is -3.32. The van der Waals surface area contributed by atoms with Crippen molar-refractivity contribution in [3.63, 3.8) is 0 Å². The summed E-state index contributed by atoms with van der Waals surface area (Å²) in [5, 5.41) is 7.60. The second-order valence-electron chi connectivity index (χ2n) is 6.62. The fourth-order valence-electron chi connectivity index (χ4n) is 2.82. The van der Waals surface area contributed by atoms with Crippen molar-refractivity contribution in [3.8, 4) is 11.3 Å². The lowest BCUT2D eigenvalue weighted by atomic mass is 10.1. The highest BCUT2D eigenvalue weighted by Gasteiger charge is 2.11. The zero-order chi connectivity index (χ0) is 19.7. The first-order valence-corrected chi connectivity index (χ1v) is 9.62. The monoisotopic (exact) mass is 390 g/mol. The molecule has 7 heteroatoms. The van der Waals surface area contributed by atoms with Gasteiger partial charge in [-0.2, -0.15) is 5.10 Å². The first-order valence-electron chi connectivity index (χ1n) is 8.80. The van der Waals surface area contributed by atoms with Crippen LogP contribution >= 0.6 is 11.3 Å². The van der Waals surface area contributed by atoms with Crippen molar-refractivity contribution in [2.45, 2.75) is 20.4 Å². The van der Waals surface area contributed by atoms with E-state index < -0.39 is 0 Å². The molecule has 0 fully saturated rings. The van der Waals surface area contributed by atoms with Crippen molar-refractivity contribution in [2.75, 3.05) is 5.32 Å². The maximum Gasteiger partial charge on any atom is 0.267 e. The molecule has 0 spiro atoms. The number of hydrogen-bond donors (Lipinski definition) is 1. The van der Waals surface area contributed by atoms with E-state index in [0.717, 1.165) is 26.9 Å². The molecule has 2 aromatic carbocycles. The Morgan fingerprint density at radius 3 is 2.57 bits per heavy atom. The zero-order valence-electron chi connectivity index (χ0n) is 15.5. The summed E-state index contributed by atoms with van der Waals surface area (Å²) in [5.74, 6) is -0.341. The van der Waals surface area contributed by atoms with Crippen molar-refractivity contribution in [1.29, 1.82) is 0 Å². The zero-order valence-corrected chi connectivity index (χ0v) is 16.3. The predicted octanol–water partition coefficient (Wildman–Crippen LogP) is 3.78. The Labute approximate surface area is 165 Å². The minimum atomic E-state index is -0.341. The molecule has 0 bridgehead atoms. The molecule has 1 N–H and O–H groups in total. The minimum Gasteiger partial charge on any atom is -0.300 e. The van der Waals surface area contributed by atoms with E-state index in [1.165, 1.54) is 22.1 Å². The van der Waals surface area contributed by atoms with Crippen LogP contribution in [0.2, 0.25) is 0 Å². The predicted molar refractivity (Wildman–Crippen MR) is 112 cm³/mol. The van der Waals surface area contributed by atoms with Gasteiger partial charge in [-0.15, -0.1) is 0 Å². The number of thiazole rings is 1. The Bertz CT molecular complexity index is 1230. The highest BCUT2D eigenvalue weighted by atomic mass is 32.1. The topological polar surface area (TPSA) is 76.9 Å². The standard InChI is InChI=1S/C21H18N4O2S/c1-13-3-6-15(7-4-13)16-9-10-20(27)25(24-16)12-19(26)23-21-22-17-8-5-14(2)11-18(17)28-21/h3-11H,12H2,1-2H3,(H,22,23,26). The molecule has 28 heavy (non-hydrogen) atoms. The molecule has 0 saturated heterocycles. The number of aryl methyl sites for hydroxylation is 2. The van der Waals surface area contributed by atoms with Crippen LogP contribution in [0.15, 0.2) is 59.4 Å². The van der Waals surface area contributed by atoms with E-state index in [0.29, 0.717) is 10.8 Å². The molecule has 0 saturated carbocycles. The fraction of sp³-hybridized carbons (Fsp3) is 0.143. The number of amides is 1. The summed E-state index contributed by atoms with van der Waals surface area (Å²) in [6.45, 7) is 3.84. The number of rotatable bonds is 4. The van der Waals surface area contributed by atoms with E-state index in [-0.39, 0.29) is 18.0 Å². The average molecular weight is 390 g/mol. The van der Waals surface area contributed by atoms with Crippen LogP contribution in [-0.2, 0) is 11.3 Å². The number of fused-ring (bicyclic) bond motifs is 1. The minimum absolute atomic E-state index is 0.173. The largest absolute Gasteiger partial charge is 0.300 e. The molecule has 0 atom stereocenters. The first kappa shape index (κ1) is 18.1. The molecular formula is C21H18N4O2S. The lowest BCUT2D eigenvalue weighted by Gasteiger charge is -2.07. The van der Waals surface area contributed by atoms with Gasteiger partial charge < -0.3 is 5.32 Å². The van der Waals surface area contributed by atoms with Gasteiger partial charge in [0.25, 0.3) is 5.56 Å². The first-order chi connectivity index (χ1) is 13.5. The molecule has 0 aliphatic rings. The third-order valence-corrected chi connectivity index (χ3v) is 5.23. The van der Waals surface area contributed by atoms with Crippen LogP contribution < -0.4 is 10.9 Å². The van der Waals surface area contributed by atoms with E-state index in [1.54, 1.807) is 6.07 Å². The van der Waals surface area contributed by atoms with Gasteiger partial charge >= 0.3 is 0 Å². The normalized spacial score (nSPS) is 10.9. The van der Waals surface area contributed by atoms with Gasteiger partial charge in [0.2, 0.25) is 5.91 Å². The Morgan fingerprint density at radius 2 is 1.79 bits per heavy atom. The number of anilines is 1. The van der Waals surface area contributed by atoms with Gasteiger partial charge in [0.15, 0.2) is 5.13 Å². The van der Waals surface area contributed by atoms with Gasteiger partial charge in [0.1, 0.15) is 6.54 Å². The van der Waals surface area contributed by atoms with Gasteiger partial charge in [-0.05, 0) is 37.6 Å². The SMILES string of the molecule is Cc1ccc(-c2ccc(=O)n(CC(=O)Nc3nc4ccc(C)cc4s3)n2)cc1. The number of aromatic nitrogens is 3. The Morgan fingerprint density at radius 1 is 1.04 bits per heavy atom. The van der Waals surface area contributed by atoms with Gasteiger partial charge in [-0.1, -0.05) is 47.2 Å². The second kappa shape index (κ2) is 7.36. The lowest BCUT2D eigenvalue weighted by molar-refractivity contribution is -0.117. The molecule has 0 unspecified atom stereocenters. The van der Waals surface area contributed by atoms with Crippen molar-refractivity contribution in [3.05, 3.63) is 76.1 Å². The highest BCUT2D eigenvalue weighted by Crippen LogP contribution is 2.26. The van der Waals surface area contributed by atoms with Crippen LogP contribution in [0.1, 0.15) is 11.1 Å². The van der Waals surface area contributed by atoms with Crippen molar-refractivity contribution >= 4 is 32.6 Å². The van der Waals surface area contributed by atoms with Crippen molar-refractivity contribution < 1.29 is 4.79 Å². The summed E-state index contributed by atoms with van der Waals surface area (Å²) in [5.41, 5.74) is 4.32. The van der Waals surface area contributed by atoms with E-state index in [1.807, 2.05) is 56.3 Å². The molecule has 4 rings (SSSR count). The van der Waals surface area contributed by atoms with Gasteiger partial charge in [-0.3, -0.25) is 9.59 Å². The highest BCUT2D eigenvalue weighted by molar-refractivity contribution is 7.22. The number of carbonyl (C=O) groups is 1. The van der Waals surface area contributed by atoms with Crippen LogP contribution in [-0.4, -0.2) is 20.7 Å². The van der Waals surface area contributed by atoms with E-state index in [2.05, 4.69) is 15.4 Å². The molecule has 1 amide bonds. The van der Waals surface area contributed by atoms with Crippen LogP contribution in [0.4, 0.5) is 5.13 Å². The third-order valence-electron chi connectivity index (χ3n) is 4.30. The van der Waals surface area contributed by atoms with Crippen LogP contribution in [0.25, 0.3) is 21.5 Å².